The molecule has 0 bridgehead atoms. The molecule has 4 rings (SSSR count). The number of likely N-dealkylation sites (tertiary alicyclic amines) is 1. The van der Waals surface area contributed by atoms with Crippen LogP contribution in [0.4, 0.5) is 13.2 Å². The molecule has 1 atom stereocenters. The maximum Gasteiger partial charge on any atom is 0.416 e. The molecule has 1 saturated carbocycles. The molecule has 1 N–H and O–H groups in total. The predicted molar refractivity (Wildman–Crippen MR) is 143 cm³/mol. The van der Waals surface area contributed by atoms with Crippen LogP contribution in [-0.4, -0.2) is 40.4 Å². The number of hydrogen-bond donors (Lipinski definition) is 1. The van der Waals surface area contributed by atoms with Gasteiger partial charge < -0.3 is 10.2 Å². The van der Waals surface area contributed by atoms with Crippen LogP contribution in [0.15, 0.2) is 65.4 Å². The van der Waals surface area contributed by atoms with E-state index in [1.165, 1.54) is 42.5 Å². The summed E-state index contributed by atoms with van der Waals surface area (Å²) in [6, 6.07) is 6.02. The molecular weight excluding hydrogens is 479 g/mol. The number of nitrogens with zero attached hydrogens (tertiary/aromatic N) is 2. The number of nitrogens with one attached hydrogen (secondary N) is 1. The largest absolute Gasteiger partial charge is 0.416 e. The van der Waals surface area contributed by atoms with Gasteiger partial charge in [-0.05, 0) is 80.2 Å². The molecule has 1 saturated heterocycles. The monoisotopic (exact) mass is 519 g/mol. The molecule has 2 fully saturated rings. The highest BCUT2D eigenvalue weighted by Crippen LogP contribution is 2.40. The first-order chi connectivity index (χ1) is 17.2. The Morgan fingerprint density at radius 1 is 1.22 bits per heavy atom. The van der Waals surface area contributed by atoms with Crippen molar-refractivity contribution >= 4 is 11.9 Å². The van der Waals surface area contributed by atoms with E-state index in [-0.39, 0.29) is 5.54 Å². The summed E-state index contributed by atoms with van der Waals surface area (Å²) in [5.41, 5.74) is 0.832. The van der Waals surface area contributed by atoms with Crippen molar-refractivity contribution in [2.24, 2.45) is 5.92 Å². The minimum Gasteiger partial charge on any atom is -0.363 e. The van der Waals surface area contributed by atoms with Crippen molar-refractivity contribution in [1.29, 1.82) is 0 Å². The van der Waals surface area contributed by atoms with Crippen LogP contribution in [0.2, 0.25) is 0 Å². The highest BCUT2D eigenvalue weighted by molar-refractivity contribution is 7.97. The average molecular weight is 520 g/mol. The van der Waals surface area contributed by atoms with Gasteiger partial charge in [-0.15, -0.1) is 0 Å². The molecule has 0 radical (unpaired) electrons. The summed E-state index contributed by atoms with van der Waals surface area (Å²) in [6.45, 7) is 11.5. The number of halogens is 3. The van der Waals surface area contributed by atoms with E-state index in [1.807, 2.05) is 0 Å². The Morgan fingerprint density at radius 2 is 1.94 bits per heavy atom. The summed E-state index contributed by atoms with van der Waals surface area (Å²) < 4.78 is 41.8. The fourth-order valence-corrected chi connectivity index (χ4v) is 6.94. The second-order valence-corrected chi connectivity index (χ2v) is 11.7. The smallest absolute Gasteiger partial charge is 0.363 e. The number of benzene rings is 1. The van der Waals surface area contributed by atoms with Gasteiger partial charge >= 0.3 is 6.18 Å². The van der Waals surface area contributed by atoms with Crippen LogP contribution in [0.1, 0.15) is 70.8 Å². The van der Waals surface area contributed by atoms with Crippen molar-refractivity contribution in [2.75, 3.05) is 19.6 Å². The first-order valence-electron chi connectivity index (χ1n) is 13.4. The zero-order valence-corrected chi connectivity index (χ0v) is 22.4. The second kappa shape index (κ2) is 11.7. The van der Waals surface area contributed by atoms with Gasteiger partial charge in [0.05, 0.1) is 16.9 Å². The van der Waals surface area contributed by atoms with Crippen molar-refractivity contribution in [3.63, 3.8) is 0 Å². The van der Waals surface area contributed by atoms with Gasteiger partial charge in [0.25, 0.3) is 0 Å². The Labute approximate surface area is 219 Å². The normalized spacial score (nSPS) is 22.7. The second-order valence-electron chi connectivity index (χ2n) is 10.6. The predicted octanol–water partition coefficient (Wildman–Crippen LogP) is 7.78. The standard InChI is InChI=1S/C29H40F3N3S/c1-4-18-35(36-27-9-7-8-25(21-27)29(30,31)32)26-14-19-34(20-15-26)23(3)33-28(16-5-6-17-28)24-12-10-22(2)11-13-24/h7-10,12-13,21-22,26,33H,3-6,11,14-20H2,1-2H3. The summed E-state index contributed by atoms with van der Waals surface area (Å²) in [7, 11) is 0. The van der Waals surface area contributed by atoms with E-state index in [2.05, 4.69) is 53.2 Å². The minimum atomic E-state index is -4.32. The Balaban J connectivity index is 1.36. The summed E-state index contributed by atoms with van der Waals surface area (Å²) >= 11 is 1.47. The minimum absolute atomic E-state index is 0.00182. The summed E-state index contributed by atoms with van der Waals surface area (Å²) in [5, 5.41) is 3.86. The SMILES string of the molecule is C=C(NC1(C2=CCC(C)C=C2)CCCC1)N1CCC(N(CCC)Sc2cccc(C(F)(F)F)c2)CC1. The number of rotatable bonds is 9. The van der Waals surface area contributed by atoms with Crippen LogP contribution in [0.25, 0.3) is 0 Å². The Morgan fingerprint density at radius 3 is 2.56 bits per heavy atom. The topological polar surface area (TPSA) is 18.5 Å². The van der Waals surface area contributed by atoms with Crippen LogP contribution in [0.5, 0.6) is 0 Å². The van der Waals surface area contributed by atoms with Gasteiger partial charge in [-0.1, -0.05) is 57.6 Å². The molecule has 36 heavy (non-hydrogen) atoms. The summed E-state index contributed by atoms with van der Waals surface area (Å²) in [6.07, 6.45) is 11.5. The Bertz CT molecular complexity index is 957. The molecule has 3 aliphatic rings. The van der Waals surface area contributed by atoms with Crippen molar-refractivity contribution in [3.8, 4) is 0 Å². The number of hydrogen-bond acceptors (Lipinski definition) is 4. The lowest BCUT2D eigenvalue weighted by atomic mass is 9.83. The van der Waals surface area contributed by atoms with E-state index >= 15 is 0 Å². The van der Waals surface area contributed by atoms with Crippen molar-refractivity contribution in [3.05, 3.63) is 66.0 Å². The number of allylic oxidation sites excluding steroid dienone is 2. The van der Waals surface area contributed by atoms with E-state index in [1.54, 1.807) is 6.07 Å². The third-order valence-corrected chi connectivity index (χ3v) is 8.97. The Hall–Kier alpha value is -1.86. The third-order valence-electron chi connectivity index (χ3n) is 7.79. The van der Waals surface area contributed by atoms with Crippen LogP contribution in [0.3, 0.4) is 0 Å². The maximum atomic E-state index is 13.2. The van der Waals surface area contributed by atoms with E-state index in [4.69, 9.17) is 0 Å². The van der Waals surface area contributed by atoms with E-state index < -0.39 is 11.7 Å². The van der Waals surface area contributed by atoms with Crippen LogP contribution in [0, 0.1) is 5.92 Å². The molecule has 2 aliphatic carbocycles. The summed E-state index contributed by atoms with van der Waals surface area (Å²) in [5.74, 6) is 1.62. The zero-order valence-electron chi connectivity index (χ0n) is 21.6. The quantitative estimate of drug-likeness (QED) is 0.336. The van der Waals surface area contributed by atoms with Gasteiger partial charge in [0.15, 0.2) is 0 Å². The highest BCUT2D eigenvalue weighted by atomic mass is 32.2. The van der Waals surface area contributed by atoms with Crippen molar-refractivity contribution < 1.29 is 13.2 Å². The van der Waals surface area contributed by atoms with Gasteiger partial charge in [0.1, 0.15) is 0 Å². The number of alkyl halides is 3. The molecule has 0 amide bonds. The van der Waals surface area contributed by atoms with E-state index in [9.17, 15) is 13.2 Å². The van der Waals surface area contributed by atoms with Crippen LogP contribution < -0.4 is 5.32 Å². The molecule has 0 spiro atoms. The van der Waals surface area contributed by atoms with E-state index in [0.29, 0.717) is 16.9 Å². The van der Waals surface area contributed by atoms with Gasteiger partial charge in [0, 0.05) is 30.6 Å². The van der Waals surface area contributed by atoms with Gasteiger partial charge in [0.2, 0.25) is 0 Å². The lowest BCUT2D eigenvalue weighted by Crippen LogP contribution is -2.50. The highest BCUT2D eigenvalue weighted by Gasteiger charge is 2.38. The molecule has 1 unspecified atom stereocenters. The van der Waals surface area contributed by atoms with Crippen molar-refractivity contribution in [2.45, 2.75) is 87.9 Å². The van der Waals surface area contributed by atoms with Crippen LogP contribution >= 0.6 is 11.9 Å². The lowest BCUT2D eigenvalue weighted by Gasteiger charge is -2.43. The van der Waals surface area contributed by atoms with Gasteiger partial charge in [-0.2, -0.15) is 13.2 Å². The fourth-order valence-electron chi connectivity index (χ4n) is 5.71. The van der Waals surface area contributed by atoms with Gasteiger partial charge in [-0.3, -0.25) is 0 Å². The van der Waals surface area contributed by atoms with Gasteiger partial charge in [-0.25, -0.2) is 4.31 Å². The first kappa shape index (κ1) is 27.2. The zero-order chi connectivity index (χ0) is 25.8. The lowest BCUT2D eigenvalue weighted by molar-refractivity contribution is -0.137. The molecule has 1 aromatic carbocycles. The summed E-state index contributed by atoms with van der Waals surface area (Å²) in [4.78, 5) is 3.02. The average Bonchev–Trinajstić information content (AvgIpc) is 3.33. The molecule has 1 aliphatic heterocycles. The molecule has 1 aromatic rings. The Kier molecular flexibility index (Phi) is 8.82. The fraction of sp³-hybridized carbons (Fsp3) is 0.586. The van der Waals surface area contributed by atoms with E-state index in [0.717, 1.165) is 70.0 Å². The molecule has 7 heteroatoms. The molecule has 198 valence electrons. The first-order valence-corrected chi connectivity index (χ1v) is 14.2. The number of piperidine rings is 1. The van der Waals surface area contributed by atoms with Crippen LogP contribution in [-0.2, 0) is 6.18 Å². The van der Waals surface area contributed by atoms with Crippen molar-refractivity contribution in [1.82, 2.24) is 14.5 Å². The maximum absolute atomic E-state index is 13.2. The molecule has 1 heterocycles. The molecule has 0 aromatic heterocycles. The third kappa shape index (κ3) is 6.52. The molecular formula is C29H40F3N3S. The molecule has 3 nitrogen and oxygen atoms in total.